The van der Waals surface area contributed by atoms with Crippen molar-refractivity contribution in [3.63, 3.8) is 0 Å². The number of hydrogen-bond donors (Lipinski definition) is 3. The van der Waals surface area contributed by atoms with Crippen LogP contribution in [0.25, 0.3) is 0 Å². The highest BCUT2D eigenvalue weighted by molar-refractivity contribution is 7.07. The molecule has 2 rings (SSSR count). The molecule has 2 aromatic rings. The average molecular weight is 270 g/mol. The normalized spacial score (nSPS) is 10.4. The van der Waals surface area contributed by atoms with Crippen LogP contribution >= 0.6 is 11.3 Å². The second kappa shape index (κ2) is 5.74. The predicted octanol–water partition coefficient (Wildman–Crippen LogP) is 2.36. The van der Waals surface area contributed by atoms with E-state index in [0.29, 0.717) is 6.54 Å². The lowest BCUT2D eigenvalue weighted by Crippen LogP contribution is -2.14. The zero-order valence-electron chi connectivity index (χ0n) is 9.41. The number of nitrogens with two attached hydrogens (primary N) is 1. The first-order chi connectivity index (χ1) is 8.70. The molecule has 0 aliphatic carbocycles. The number of pyridine rings is 1. The Labute approximate surface area is 107 Å². The van der Waals surface area contributed by atoms with E-state index in [2.05, 4.69) is 15.7 Å². The highest BCUT2D eigenvalue weighted by Crippen LogP contribution is 2.18. The minimum atomic E-state index is -0.821. The van der Waals surface area contributed by atoms with Crippen LogP contribution in [-0.2, 0) is 6.42 Å². The Morgan fingerprint density at radius 2 is 2.06 bits per heavy atom. The molecule has 0 aliphatic rings. The van der Waals surface area contributed by atoms with E-state index in [-0.39, 0.29) is 11.6 Å². The molecule has 18 heavy (non-hydrogen) atoms. The van der Waals surface area contributed by atoms with E-state index in [1.165, 1.54) is 0 Å². The van der Waals surface area contributed by atoms with Gasteiger partial charge in [0.05, 0.1) is 0 Å². The molecule has 2 heterocycles. The summed E-state index contributed by atoms with van der Waals surface area (Å²) in [5.41, 5.74) is 3.24. The first kappa shape index (κ1) is 12.7. The van der Waals surface area contributed by atoms with Crippen LogP contribution in [0.4, 0.5) is 20.4 Å². The van der Waals surface area contributed by atoms with Gasteiger partial charge >= 0.3 is 0 Å². The predicted molar refractivity (Wildman–Crippen MR) is 68.5 cm³/mol. The Kier molecular flexibility index (Phi) is 4.06. The molecule has 0 saturated carbocycles. The molecule has 0 bridgehead atoms. The number of nitrogens with zero attached hydrogens (tertiary/aromatic N) is 1. The Balaban J connectivity index is 2.00. The van der Waals surface area contributed by atoms with Crippen molar-refractivity contribution in [3.8, 4) is 0 Å². The van der Waals surface area contributed by atoms with Crippen molar-refractivity contribution in [3.05, 3.63) is 40.1 Å². The summed E-state index contributed by atoms with van der Waals surface area (Å²) in [5, 5.41) is 6.80. The fourth-order valence-corrected chi connectivity index (χ4v) is 2.16. The van der Waals surface area contributed by atoms with Gasteiger partial charge in [-0.3, -0.25) is 0 Å². The van der Waals surface area contributed by atoms with Gasteiger partial charge in [0.15, 0.2) is 23.3 Å². The van der Waals surface area contributed by atoms with Gasteiger partial charge in [-0.2, -0.15) is 11.3 Å². The molecule has 0 radical (unpaired) electrons. The third kappa shape index (κ3) is 2.93. The fourth-order valence-electron chi connectivity index (χ4n) is 1.45. The maximum Gasteiger partial charge on any atom is 0.178 e. The van der Waals surface area contributed by atoms with E-state index in [4.69, 9.17) is 5.84 Å². The number of aromatic nitrogens is 1. The van der Waals surface area contributed by atoms with Crippen LogP contribution in [0.1, 0.15) is 5.56 Å². The van der Waals surface area contributed by atoms with Crippen molar-refractivity contribution in [2.45, 2.75) is 6.42 Å². The summed E-state index contributed by atoms with van der Waals surface area (Å²) in [6.45, 7) is 0.510. The summed E-state index contributed by atoms with van der Waals surface area (Å²) >= 11 is 1.60. The number of halogens is 2. The van der Waals surface area contributed by atoms with Crippen molar-refractivity contribution >= 4 is 23.0 Å². The monoisotopic (exact) mass is 270 g/mol. The van der Waals surface area contributed by atoms with Crippen molar-refractivity contribution in [1.82, 2.24) is 4.98 Å². The van der Waals surface area contributed by atoms with Gasteiger partial charge in [0.1, 0.15) is 0 Å². The van der Waals surface area contributed by atoms with Crippen molar-refractivity contribution < 1.29 is 8.78 Å². The third-order valence-electron chi connectivity index (χ3n) is 2.35. The minimum absolute atomic E-state index is 0.0143. The molecule has 0 unspecified atom stereocenters. The number of nitrogen functional groups attached to an aromatic ring is 1. The molecule has 96 valence electrons. The van der Waals surface area contributed by atoms with E-state index in [0.717, 1.165) is 18.1 Å². The molecule has 0 amide bonds. The second-order valence-corrected chi connectivity index (χ2v) is 4.38. The first-order valence-electron chi connectivity index (χ1n) is 5.28. The number of rotatable bonds is 5. The average Bonchev–Trinajstić information content (AvgIpc) is 2.85. The maximum absolute atomic E-state index is 13.4. The van der Waals surface area contributed by atoms with Crippen molar-refractivity contribution in [1.29, 1.82) is 0 Å². The summed E-state index contributed by atoms with van der Waals surface area (Å²) in [7, 11) is 0. The molecule has 7 heteroatoms. The van der Waals surface area contributed by atoms with Crippen molar-refractivity contribution in [2.24, 2.45) is 5.84 Å². The van der Waals surface area contributed by atoms with Gasteiger partial charge in [0.25, 0.3) is 0 Å². The lowest BCUT2D eigenvalue weighted by atomic mass is 10.2. The van der Waals surface area contributed by atoms with E-state index in [1.807, 2.05) is 16.8 Å². The van der Waals surface area contributed by atoms with Crippen LogP contribution in [0, 0.1) is 11.6 Å². The van der Waals surface area contributed by atoms with Crippen molar-refractivity contribution in [2.75, 3.05) is 17.3 Å². The summed E-state index contributed by atoms with van der Waals surface area (Å²) < 4.78 is 26.5. The van der Waals surface area contributed by atoms with Gasteiger partial charge in [0, 0.05) is 12.6 Å². The SMILES string of the molecule is NNc1nc(NCCc2ccsc2)c(F)cc1F. The Hall–Kier alpha value is -1.73. The van der Waals surface area contributed by atoms with Crippen LogP contribution in [-0.4, -0.2) is 11.5 Å². The molecule has 0 spiro atoms. The molecule has 4 nitrogen and oxygen atoms in total. The smallest absolute Gasteiger partial charge is 0.178 e. The number of hydrazine groups is 1. The Morgan fingerprint density at radius 1 is 1.28 bits per heavy atom. The summed E-state index contributed by atoms with van der Waals surface area (Å²) in [5.74, 6) is 3.31. The highest BCUT2D eigenvalue weighted by Gasteiger charge is 2.10. The molecular formula is C11H12F2N4S. The molecule has 0 aromatic carbocycles. The zero-order chi connectivity index (χ0) is 13.0. The third-order valence-corrected chi connectivity index (χ3v) is 3.08. The lowest BCUT2D eigenvalue weighted by Gasteiger charge is -2.08. The molecule has 0 atom stereocenters. The number of thiophene rings is 1. The topological polar surface area (TPSA) is 63.0 Å². The quantitative estimate of drug-likeness (QED) is 0.576. The molecule has 0 fully saturated rings. The van der Waals surface area contributed by atoms with Gasteiger partial charge in [-0.25, -0.2) is 19.6 Å². The van der Waals surface area contributed by atoms with Crippen LogP contribution in [0.3, 0.4) is 0 Å². The van der Waals surface area contributed by atoms with E-state index in [9.17, 15) is 8.78 Å². The van der Waals surface area contributed by atoms with Gasteiger partial charge in [-0.1, -0.05) is 0 Å². The summed E-state index contributed by atoms with van der Waals surface area (Å²) in [4.78, 5) is 3.71. The zero-order valence-corrected chi connectivity index (χ0v) is 10.2. The minimum Gasteiger partial charge on any atom is -0.367 e. The maximum atomic E-state index is 13.4. The molecule has 4 N–H and O–H groups in total. The molecule has 0 aliphatic heterocycles. The van der Waals surface area contributed by atoms with E-state index in [1.54, 1.807) is 11.3 Å². The number of nitrogens with one attached hydrogen (secondary N) is 2. The standard InChI is InChI=1S/C11H12F2N4S/c12-8-5-9(13)11(17-14)16-10(8)15-3-1-7-2-4-18-6-7/h2,4-6H,1,3,14H2,(H2,15,16,17). The number of hydrogen-bond acceptors (Lipinski definition) is 5. The van der Waals surface area contributed by atoms with Gasteiger partial charge in [-0.05, 0) is 28.8 Å². The summed E-state index contributed by atoms with van der Waals surface area (Å²) in [6, 6.07) is 2.74. The number of anilines is 2. The van der Waals surface area contributed by atoms with Crippen LogP contribution in [0.5, 0.6) is 0 Å². The van der Waals surface area contributed by atoms with Crippen LogP contribution in [0.15, 0.2) is 22.9 Å². The largest absolute Gasteiger partial charge is 0.367 e. The van der Waals surface area contributed by atoms with Gasteiger partial charge < -0.3 is 10.7 Å². The van der Waals surface area contributed by atoms with E-state index >= 15 is 0 Å². The summed E-state index contributed by atoms with van der Waals surface area (Å²) in [6.07, 6.45) is 0.743. The van der Waals surface area contributed by atoms with Gasteiger partial charge in [-0.15, -0.1) is 0 Å². The first-order valence-corrected chi connectivity index (χ1v) is 6.22. The Bertz CT molecular complexity index is 516. The molecule has 0 saturated heterocycles. The molecular weight excluding hydrogens is 258 g/mol. The van der Waals surface area contributed by atoms with Crippen LogP contribution in [0.2, 0.25) is 0 Å². The highest BCUT2D eigenvalue weighted by atomic mass is 32.1. The van der Waals surface area contributed by atoms with E-state index < -0.39 is 11.6 Å². The Morgan fingerprint density at radius 3 is 2.72 bits per heavy atom. The fraction of sp³-hybridized carbons (Fsp3) is 0.182. The lowest BCUT2D eigenvalue weighted by molar-refractivity contribution is 0.578. The molecule has 2 aromatic heterocycles. The second-order valence-electron chi connectivity index (χ2n) is 3.60. The van der Waals surface area contributed by atoms with Gasteiger partial charge in [0.2, 0.25) is 0 Å². The van der Waals surface area contributed by atoms with Crippen LogP contribution < -0.4 is 16.6 Å².